The van der Waals surface area contributed by atoms with Crippen molar-refractivity contribution < 1.29 is 18.1 Å². The van der Waals surface area contributed by atoms with Gasteiger partial charge in [0.25, 0.3) is 11.6 Å². The molecule has 9 heteroatoms. The molecule has 0 aliphatic heterocycles. The van der Waals surface area contributed by atoms with Crippen LogP contribution >= 0.6 is 0 Å². The summed E-state index contributed by atoms with van der Waals surface area (Å²) >= 11 is 0. The van der Waals surface area contributed by atoms with Gasteiger partial charge < -0.3 is 5.32 Å². The van der Waals surface area contributed by atoms with Crippen molar-refractivity contribution in [2.24, 2.45) is 0 Å². The van der Waals surface area contributed by atoms with E-state index in [2.05, 4.69) is 5.32 Å². The third kappa shape index (κ3) is 3.83. The minimum atomic E-state index is -3.55. The summed E-state index contributed by atoms with van der Waals surface area (Å²) in [6.07, 6.45) is 0. The maximum atomic E-state index is 12.3. The van der Waals surface area contributed by atoms with E-state index < -0.39 is 20.9 Å². The highest BCUT2D eigenvalue weighted by Crippen LogP contribution is 2.22. The maximum Gasteiger partial charge on any atom is 0.273 e. The van der Waals surface area contributed by atoms with E-state index >= 15 is 0 Å². The van der Waals surface area contributed by atoms with Crippen molar-refractivity contribution in [3.05, 3.63) is 63.7 Å². The second-order valence-electron chi connectivity index (χ2n) is 5.47. The number of carbonyl (C=O) groups is 1. The molecule has 0 radical (unpaired) electrons. The molecule has 0 spiro atoms. The van der Waals surface area contributed by atoms with Crippen LogP contribution in [0.5, 0.6) is 0 Å². The SMILES string of the molecule is Cc1c(C(=O)Nc2ccc(S(=O)(=O)N(C)C)cc2)cccc1[N+](=O)[O-]. The summed E-state index contributed by atoms with van der Waals surface area (Å²) < 4.78 is 25.1. The van der Waals surface area contributed by atoms with Crippen LogP contribution in [-0.4, -0.2) is 37.6 Å². The lowest BCUT2D eigenvalue weighted by atomic mass is 10.1. The van der Waals surface area contributed by atoms with Crippen LogP contribution < -0.4 is 5.32 Å². The third-order valence-corrected chi connectivity index (χ3v) is 5.47. The number of nitrogens with zero attached hydrogens (tertiary/aromatic N) is 2. The lowest BCUT2D eigenvalue weighted by Crippen LogP contribution is -2.22. The van der Waals surface area contributed by atoms with E-state index in [4.69, 9.17) is 0 Å². The molecule has 0 fully saturated rings. The quantitative estimate of drug-likeness (QED) is 0.648. The Bertz CT molecular complexity index is 921. The van der Waals surface area contributed by atoms with E-state index in [1.165, 1.54) is 63.5 Å². The van der Waals surface area contributed by atoms with Gasteiger partial charge in [-0.15, -0.1) is 0 Å². The maximum absolute atomic E-state index is 12.3. The van der Waals surface area contributed by atoms with Gasteiger partial charge in [0, 0.05) is 37.0 Å². The molecule has 0 atom stereocenters. The average molecular weight is 363 g/mol. The largest absolute Gasteiger partial charge is 0.322 e. The lowest BCUT2D eigenvalue weighted by molar-refractivity contribution is -0.385. The van der Waals surface area contributed by atoms with Crippen molar-refractivity contribution >= 4 is 27.3 Å². The van der Waals surface area contributed by atoms with Gasteiger partial charge in [-0.05, 0) is 37.3 Å². The van der Waals surface area contributed by atoms with Crippen molar-refractivity contribution in [3.8, 4) is 0 Å². The van der Waals surface area contributed by atoms with Gasteiger partial charge in [0.15, 0.2) is 0 Å². The van der Waals surface area contributed by atoms with Gasteiger partial charge in [0.05, 0.1) is 9.82 Å². The van der Waals surface area contributed by atoms with Crippen LogP contribution in [0.4, 0.5) is 11.4 Å². The number of nitro groups is 1. The zero-order chi connectivity index (χ0) is 18.8. The zero-order valence-electron chi connectivity index (χ0n) is 13.9. The minimum Gasteiger partial charge on any atom is -0.322 e. The van der Waals surface area contributed by atoms with Crippen LogP contribution in [0.15, 0.2) is 47.4 Å². The molecule has 0 aromatic heterocycles. The van der Waals surface area contributed by atoms with Crippen LogP contribution in [0.2, 0.25) is 0 Å². The fourth-order valence-corrected chi connectivity index (χ4v) is 3.09. The van der Waals surface area contributed by atoms with Crippen molar-refractivity contribution in [1.82, 2.24) is 4.31 Å². The number of benzene rings is 2. The Morgan fingerprint density at radius 3 is 2.24 bits per heavy atom. The number of hydrogen-bond donors (Lipinski definition) is 1. The molecule has 0 bridgehead atoms. The normalized spacial score (nSPS) is 11.4. The topological polar surface area (TPSA) is 110 Å². The Balaban J connectivity index is 2.25. The van der Waals surface area contributed by atoms with Gasteiger partial charge in [-0.3, -0.25) is 14.9 Å². The average Bonchev–Trinajstić information content (AvgIpc) is 2.55. The van der Waals surface area contributed by atoms with Crippen LogP contribution in [0, 0.1) is 17.0 Å². The van der Waals surface area contributed by atoms with E-state index in [0.717, 1.165) is 4.31 Å². The molecule has 2 aromatic rings. The minimum absolute atomic E-state index is 0.0991. The number of amides is 1. The Hall–Kier alpha value is -2.78. The second kappa shape index (κ2) is 6.99. The van der Waals surface area contributed by atoms with Gasteiger partial charge >= 0.3 is 0 Å². The molecule has 0 saturated heterocycles. The molecule has 0 unspecified atom stereocenters. The lowest BCUT2D eigenvalue weighted by Gasteiger charge is -2.12. The van der Waals surface area contributed by atoms with E-state index in [9.17, 15) is 23.3 Å². The summed E-state index contributed by atoms with van der Waals surface area (Å²) in [5, 5.41) is 13.6. The molecule has 0 aliphatic carbocycles. The highest BCUT2D eigenvalue weighted by Gasteiger charge is 2.19. The number of sulfonamides is 1. The van der Waals surface area contributed by atoms with Crippen molar-refractivity contribution in [2.75, 3.05) is 19.4 Å². The van der Waals surface area contributed by atoms with Gasteiger partial charge in [-0.2, -0.15) is 0 Å². The molecule has 25 heavy (non-hydrogen) atoms. The van der Waals surface area contributed by atoms with Crippen molar-refractivity contribution in [1.29, 1.82) is 0 Å². The summed E-state index contributed by atoms with van der Waals surface area (Å²) in [7, 11) is -0.697. The molecular formula is C16H17N3O5S. The highest BCUT2D eigenvalue weighted by molar-refractivity contribution is 7.89. The first-order chi connectivity index (χ1) is 11.6. The Labute approximate surface area is 145 Å². The number of carbonyl (C=O) groups excluding carboxylic acids is 1. The Kier molecular flexibility index (Phi) is 5.19. The molecule has 0 heterocycles. The van der Waals surface area contributed by atoms with E-state index in [0.29, 0.717) is 5.69 Å². The molecule has 2 rings (SSSR count). The number of nitrogens with one attached hydrogen (secondary N) is 1. The van der Waals surface area contributed by atoms with Gasteiger partial charge in [0.2, 0.25) is 10.0 Å². The van der Waals surface area contributed by atoms with Gasteiger partial charge in [0.1, 0.15) is 0 Å². The predicted octanol–water partition coefficient (Wildman–Crippen LogP) is 2.41. The molecule has 1 amide bonds. The van der Waals surface area contributed by atoms with E-state index in [1.54, 1.807) is 0 Å². The van der Waals surface area contributed by atoms with Crippen LogP contribution in [0.25, 0.3) is 0 Å². The molecule has 1 N–H and O–H groups in total. The second-order valence-corrected chi connectivity index (χ2v) is 7.62. The standard InChI is InChI=1S/C16H17N3O5S/c1-11-14(5-4-6-15(11)19(21)22)16(20)17-12-7-9-13(10-8-12)25(23,24)18(2)3/h4-10H,1-3H3,(H,17,20). The number of anilines is 1. The predicted molar refractivity (Wildman–Crippen MR) is 93.1 cm³/mol. The molecule has 0 saturated carbocycles. The zero-order valence-corrected chi connectivity index (χ0v) is 14.7. The van der Waals surface area contributed by atoms with Gasteiger partial charge in [-0.1, -0.05) is 6.07 Å². The smallest absolute Gasteiger partial charge is 0.273 e. The molecule has 2 aromatic carbocycles. The monoisotopic (exact) mass is 363 g/mol. The summed E-state index contributed by atoms with van der Waals surface area (Å²) in [5.74, 6) is -0.510. The first kappa shape index (κ1) is 18.6. The fraction of sp³-hybridized carbons (Fsp3) is 0.188. The Morgan fingerprint density at radius 2 is 1.72 bits per heavy atom. The molecular weight excluding hydrogens is 346 g/mol. The number of nitro benzene ring substituents is 1. The number of hydrogen-bond acceptors (Lipinski definition) is 5. The molecule has 8 nitrogen and oxygen atoms in total. The summed E-state index contributed by atoms with van der Waals surface area (Å²) in [6.45, 7) is 1.50. The van der Waals surface area contributed by atoms with Crippen molar-refractivity contribution in [3.63, 3.8) is 0 Å². The first-order valence-corrected chi connectivity index (χ1v) is 8.66. The third-order valence-electron chi connectivity index (χ3n) is 3.64. The van der Waals surface area contributed by atoms with Crippen LogP contribution in [0.3, 0.4) is 0 Å². The first-order valence-electron chi connectivity index (χ1n) is 7.22. The van der Waals surface area contributed by atoms with Crippen molar-refractivity contribution in [2.45, 2.75) is 11.8 Å². The summed E-state index contributed by atoms with van der Waals surface area (Å²) in [5.41, 5.74) is 0.685. The van der Waals surface area contributed by atoms with E-state index in [-0.39, 0.29) is 21.7 Å². The highest BCUT2D eigenvalue weighted by atomic mass is 32.2. The van der Waals surface area contributed by atoms with Gasteiger partial charge in [-0.25, -0.2) is 12.7 Å². The Morgan fingerprint density at radius 1 is 1.12 bits per heavy atom. The summed E-state index contributed by atoms with van der Waals surface area (Å²) in [6, 6.07) is 9.93. The fourth-order valence-electron chi connectivity index (χ4n) is 2.19. The molecule has 132 valence electrons. The van der Waals surface area contributed by atoms with Crippen LogP contribution in [-0.2, 0) is 10.0 Å². The number of rotatable bonds is 5. The molecule has 0 aliphatic rings. The summed E-state index contributed by atoms with van der Waals surface area (Å²) in [4.78, 5) is 22.8. The van der Waals surface area contributed by atoms with E-state index in [1.807, 2.05) is 0 Å². The van der Waals surface area contributed by atoms with Crippen LogP contribution in [0.1, 0.15) is 15.9 Å².